The second kappa shape index (κ2) is 9.85. The Morgan fingerprint density at radius 2 is 1.64 bits per heavy atom. The van der Waals surface area contributed by atoms with E-state index in [1.807, 2.05) is 0 Å². The van der Waals surface area contributed by atoms with Gasteiger partial charge >= 0.3 is 5.97 Å². The highest BCUT2D eigenvalue weighted by molar-refractivity contribution is 5.86. The molecule has 1 fully saturated rings. The Bertz CT molecular complexity index is 1160. The highest BCUT2D eigenvalue weighted by Crippen LogP contribution is 2.54. The third-order valence-electron chi connectivity index (χ3n) is 9.14. The third kappa shape index (κ3) is 4.28. The fraction of sp³-hybridized carbons (Fsp3) is 0.484. The van der Waals surface area contributed by atoms with Gasteiger partial charge in [-0.05, 0) is 86.9 Å². The van der Waals surface area contributed by atoms with Gasteiger partial charge in [0, 0.05) is 18.5 Å². The van der Waals surface area contributed by atoms with Gasteiger partial charge in [0.25, 0.3) is 0 Å². The summed E-state index contributed by atoms with van der Waals surface area (Å²) in [5, 5.41) is 0. The molecule has 5 heteroatoms. The molecule has 0 aromatic heterocycles. The van der Waals surface area contributed by atoms with Gasteiger partial charge in [-0.3, -0.25) is 9.59 Å². The van der Waals surface area contributed by atoms with Crippen LogP contribution in [0.2, 0.25) is 0 Å². The number of esters is 1. The highest BCUT2D eigenvalue weighted by Gasteiger charge is 2.53. The summed E-state index contributed by atoms with van der Waals surface area (Å²) < 4.78 is 4.82. The molecule has 5 nitrogen and oxygen atoms in total. The number of likely N-dealkylation sites (N-methyl/N-ethyl adjacent to an activating group) is 1. The van der Waals surface area contributed by atoms with Crippen molar-refractivity contribution in [2.24, 2.45) is 0 Å². The quantitative estimate of drug-likeness (QED) is 0.537. The Labute approximate surface area is 215 Å². The first-order valence-corrected chi connectivity index (χ1v) is 13.3. The molecule has 2 aromatic carbocycles. The molecule has 0 bridgehead atoms. The maximum Gasteiger partial charge on any atom is 0.306 e. The van der Waals surface area contributed by atoms with E-state index in [1.165, 1.54) is 34.9 Å². The van der Waals surface area contributed by atoms with Crippen LogP contribution >= 0.6 is 0 Å². The lowest BCUT2D eigenvalue weighted by atomic mass is 9.64. The molecule has 2 aromatic rings. The summed E-state index contributed by atoms with van der Waals surface area (Å²) in [7, 11) is 5.80. The fourth-order valence-corrected chi connectivity index (χ4v) is 7.03. The van der Waals surface area contributed by atoms with Crippen LogP contribution < -0.4 is 0 Å². The molecule has 3 aliphatic rings. The predicted molar refractivity (Wildman–Crippen MR) is 142 cm³/mol. The van der Waals surface area contributed by atoms with Crippen LogP contribution in [0.15, 0.2) is 60.2 Å². The monoisotopic (exact) mass is 486 g/mol. The van der Waals surface area contributed by atoms with Crippen LogP contribution in [0, 0.1) is 0 Å². The second-order valence-corrected chi connectivity index (χ2v) is 11.0. The summed E-state index contributed by atoms with van der Waals surface area (Å²) >= 11 is 0. The molecule has 0 N–H and O–H groups in total. The van der Waals surface area contributed by atoms with Crippen molar-refractivity contribution in [3.63, 3.8) is 0 Å². The molecule has 0 unspecified atom stereocenters. The number of benzene rings is 2. The van der Waals surface area contributed by atoms with Crippen molar-refractivity contribution in [2.75, 3.05) is 27.7 Å². The third-order valence-corrected chi connectivity index (χ3v) is 9.14. The molecule has 0 saturated heterocycles. The van der Waals surface area contributed by atoms with Gasteiger partial charge in [-0.2, -0.15) is 0 Å². The van der Waals surface area contributed by atoms with E-state index in [2.05, 4.69) is 78.5 Å². The average Bonchev–Trinajstić information content (AvgIpc) is 3.29. The van der Waals surface area contributed by atoms with E-state index in [0.29, 0.717) is 0 Å². The first kappa shape index (κ1) is 24.8. The summed E-state index contributed by atoms with van der Waals surface area (Å²) in [6.07, 6.45) is 7.16. The molecule has 1 amide bonds. The number of nitrogens with zero attached hydrogens (tertiary/aromatic N) is 2. The van der Waals surface area contributed by atoms with E-state index in [0.717, 1.165) is 51.5 Å². The molecular weight excluding hydrogens is 448 g/mol. The van der Waals surface area contributed by atoms with Crippen LogP contribution in [0.3, 0.4) is 0 Å². The molecular formula is C31H38N2O3. The molecule has 0 atom stereocenters. The smallest absolute Gasteiger partial charge is 0.306 e. The minimum Gasteiger partial charge on any atom is -0.469 e. The largest absolute Gasteiger partial charge is 0.469 e. The van der Waals surface area contributed by atoms with Gasteiger partial charge in [-0.1, -0.05) is 54.6 Å². The second-order valence-electron chi connectivity index (χ2n) is 11.0. The van der Waals surface area contributed by atoms with Gasteiger partial charge in [0.15, 0.2) is 0 Å². The molecule has 1 saturated carbocycles. The van der Waals surface area contributed by atoms with E-state index in [-0.39, 0.29) is 35.8 Å². The van der Waals surface area contributed by atoms with Crippen LogP contribution in [-0.2, 0) is 27.2 Å². The van der Waals surface area contributed by atoms with Crippen molar-refractivity contribution in [1.82, 2.24) is 9.80 Å². The Morgan fingerprint density at radius 1 is 0.944 bits per heavy atom. The average molecular weight is 487 g/mol. The van der Waals surface area contributed by atoms with Gasteiger partial charge in [-0.15, -0.1) is 0 Å². The number of amides is 1. The summed E-state index contributed by atoms with van der Waals surface area (Å²) in [6.45, 7) is 0.723. The minimum absolute atomic E-state index is 0.0664. The van der Waals surface area contributed by atoms with Crippen molar-refractivity contribution < 1.29 is 14.3 Å². The van der Waals surface area contributed by atoms with Crippen LogP contribution in [-0.4, -0.2) is 60.5 Å². The predicted octanol–water partition coefficient (Wildman–Crippen LogP) is 5.04. The molecule has 1 aliphatic heterocycles. The number of methoxy groups -OCH3 is 1. The van der Waals surface area contributed by atoms with Gasteiger partial charge in [0.2, 0.25) is 5.91 Å². The van der Waals surface area contributed by atoms with Crippen molar-refractivity contribution in [2.45, 2.75) is 68.9 Å². The maximum absolute atomic E-state index is 13.6. The van der Waals surface area contributed by atoms with Gasteiger partial charge in [0.05, 0.1) is 19.1 Å². The van der Waals surface area contributed by atoms with Gasteiger partial charge in [0.1, 0.15) is 0 Å². The van der Waals surface area contributed by atoms with Crippen LogP contribution in [0.1, 0.15) is 61.6 Å². The Balaban J connectivity index is 1.47. The minimum atomic E-state index is -0.319. The fourth-order valence-electron chi connectivity index (χ4n) is 7.03. The molecule has 2 aliphatic carbocycles. The van der Waals surface area contributed by atoms with E-state index in [1.54, 1.807) is 0 Å². The zero-order chi connectivity index (χ0) is 25.3. The number of ether oxygens (including phenoxy) is 1. The van der Waals surface area contributed by atoms with Crippen LogP contribution in [0.25, 0.3) is 5.57 Å². The Hall–Kier alpha value is -2.92. The van der Waals surface area contributed by atoms with E-state index < -0.39 is 0 Å². The first-order chi connectivity index (χ1) is 17.4. The van der Waals surface area contributed by atoms with Crippen molar-refractivity contribution >= 4 is 17.4 Å². The van der Waals surface area contributed by atoms with Crippen molar-refractivity contribution in [1.29, 1.82) is 0 Å². The van der Waals surface area contributed by atoms with Crippen molar-refractivity contribution in [3.05, 3.63) is 76.9 Å². The SMILES string of the molecule is COC(=O)CCC(=O)N1CCC2=C(Cc3ccccc32)C12CCC(Cc1ccccc1)(N(C)C)CC2. The molecule has 5 rings (SSSR count). The first-order valence-electron chi connectivity index (χ1n) is 13.3. The number of hydrogen-bond donors (Lipinski definition) is 0. The topological polar surface area (TPSA) is 49.9 Å². The Kier molecular flexibility index (Phi) is 6.78. The number of carbonyl (C=O) groups is 2. The van der Waals surface area contributed by atoms with Crippen molar-refractivity contribution in [3.8, 4) is 0 Å². The van der Waals surface area contributed by atoms with Crippen LogP contribution in [0.5, 0.6) is 0 Å². The van der Waals surface area contributed by atoms with Crippen LogP contribution in [0.4, 0.5) is 0 Å². The molecule has 1 heterocycles. The number of rotatable bonds is 6. The molecule has 1 spiro atoms. The van der Waals surface area contributed by atoms with E-state index >= 15 is 0 Å². The number of fused-ring (bicyclic) bond motifs is 3. The molecule has 190 valence electrons. The standard InChI is InChI=1S/C31H38N2O3/c1-32(2)30(22-23-9-5-4-6-10-23)16-18-31(19-17-30)27-21-24-11-7-8-12-25(24)26(27)15-20-33(31)28(34)13-14-29(35)36-3/h4-12H,13-22H2,1-3H3. The molecule has 0 radical (unpaired) electrons. The summed E-state index contributed by atoms with van der Waals surface area (Å²) in [6, 6.07) is 19.5. The zero-order valence-corrected chi connectivity index (χ0v) is 21.9. The molecule has 36 heavy (non-hydrogen) atoms. The maximum atomic E-state index is 13.6. The highest BCUT2D eigenvalue weighted by atomic mass is 16.5. The normalized spacial score (nSPS) is 25.2. The summed E-state index contributed by atoms with van der Waals surface area (Å²) in [4.78, 5) is 30.0. The summed E-state index contributed by atoms with van der Waals surface area (Å²) in [5.74, 6) is -0.232. The van der Waals surface area contributed by atoms with Gasteiger partial charge < -0.3 is 14.5 Å². The number of hydrogen-bond acceptors (Lipinski definition) is 4. The zero-order valence-electron chi connectivity index (χ0n) is 21.9. The summed E-state index contributed by atoms with van der Waals surface area (Å²) in [5.41, 5.74) is 6.84. The lowest BCUT2D eigenvalue weighted by molar-refractivity contribution is -0.146. The van der Waals surface area contributed by atoms with E-state index in [4.69, 9.17) is 4.74 Å². The lowest BCUT2D eigenvalue weighted by Crippen LogP contribution is -2.61. The Morgan fingerprint density at radius 3 is 2.33 bits per heavy atom. The lowest BCUT2D eigenvalue weighted by Gasteiger charge is -2.56. The van der Waals surface area contributed by atoms with E-state index in [9.17, 15) is 9.59 Å². The number of carbonyl (C=O) groups excluding carboxylic acids is 2. The van der Waals surface area contributed by atoms with Gasteiger partial charge in [-0.25, -0.2) is 0 Å².